The number of hydrazone groups is 1. The third kappa shape index (κ3) is 4.83. The molecule has 0 amide bonds. The van der Waals surface area contributed by atoms with Gasteiger partial charge in [-0.05, 0) is 73.9 Å². The fraction of sp³-hybridized carbons (Fsp3) is 0.0769. The molecule has 0 unspecified atom stereocenters. The van der Waals surface area contributed by atoms with Crippen molar-refractivity contribution in [3.05, 3.63) is 50.8 Å². The van der Waals surface area contributed by atoms with Crippen molar-refractivity contribution >= 4 is 55.4 Å². The van der Waals surface area contributed by atoms with Crippen molar-refractivity contribution in [1.29, 1.82) is 0 Å². The number of hydrogen-bond acceptors (Lipinski definition) is 4. The lowest BCUT2D eigenvalue weighted by atomic mass is 10.2. The third-order valence-electron chi connectivity index (χ3n) is 2.42. The first-order valence-corrected chi connectivity index (χ1v) is 7.83. The smallest absolute Gasteiger partial charge is 0.187 e. The predicted molar refractivity (Wildman–Crippen MR) is 92.4 cm³/mol. The molecule has 0 aliphatic rings. The monoisotopic (exact) mass is 431 g/mol. The molecule has 0 saturated heterocycles. The number of aromatic hydroxyl groups is 1. The summed E-state index contributed by atoms with van der Waals surface area (Å²) < 4.78 is 6.33. The molecule has 1 aromatic heterocycles. The summed E-state index contributed by atoms with van der Waals surface area (Å²) in [7, 11) is 0. The average Bonchev–Trinajstić information content (AvgIpc) is 2.96. The summed E-state index contributed by atoms with van der Waals surface area (Å²) in [6.07, 6.45) is 3.20. The van der Waals surface area contributed by atoms with E-state index < -0.39 is 0 Å². The van der Waals surface area contributed by atoms with Crippen LogP contribution in [0, 0.1) is 0 Å². The molecule has 2 aromatic rings. The summed E-state index contributed by atoms with van der Waals surface area (Å²) in [6, 6.07) is 7.14. The number of benzene rings is 1. The van der Waals surface area contributed by atoms with Crippen molar-refractivity contribution in [2.45, 2.75) is 6.54 Å². The van der Waals surface area contributed by atoms with Crippen LogP contribution in [0.3, 0.4) is 0 Å². The lowest BCUT2D eigenvalue weighted by molar-refractivity contribution is 0.468. The van der Waals surface area contributed by atoms with Gasteiger partial charge in [0.25, 0.3) is 0 Å². The Morgan fingerprint density at radius 3 is 2.71 bits per heavy atom. The van der Waals surface area contributed by atoms with Crippen LogP contribution < -0.4 is 10.7 Å². The SMILES string of the molecule is Oc1c(Br)cc(/C=N\NC(=S)NCc2ccco2)cc1Br. The predicted octanol–water partition coefficient (Wildman–Crippen LogP) is 3.51. The fourth-order valence-electron chi connectivity index (χ4n) is 1.45. The van der Waals surface area contributed by atoms with Gasteiger partial charge < -0.3 is 14.8 Å². The second-order valence-corrected chi connectivity index (χ2v) is 6.08. The van der Waals surface area contributed by atoms with Gasteiger partial charge in [0.05, 0.1) is 28.0 Å². The Labute approximate surface area is 143 Å². The lowest BCUT2D eigenvalue weighted by Gasteiger charge is -2.05. The van der Waals surface area contributed by atoms with E-state index in [4.69, 9.17) is 16.6 Å². The molecule has 0 aliphatic heterocycles. The molecule has 0 saturated carbocycles. The van der Waals surface area contributed by atoms with E-state index in [0.29, 0.717) is 20.6 Å². The highest BCUT2D eigenvalue weighted by atomic mass is 79.9. The molecule has 5 nitrogen and oxygen atoms in total. The largest absolute Gasteiger partial charge is 0.506 e. The molecule has 2 rings (SSSR count). The van der Waals surface area contributed by atoms with Crippen molar-refractivity contribution in [1.82, 2.24) is 10.7 Å². The number of hydrogen-bond donors (Lipinski definition) is 3. The van der Waals surface area contributed by atoms with Crippen LogP contribution in [0.1, 0.15) is 11.3 Å². The highest BCUT2D eigenvalue weighted by Gasteiger charge is 2.04. The van der Waals surface area contributed by atoms with E-state index in [1.807, 2.05) is 12.1 Å². The molecule has 0 radical (unpaired) electrons. The van der Waals surface area contributed by atoms with Gasteiger partial charge >= 0.3 is 0 Å². The van der Waals surface area contributed by atoms with Gasteiger partial charge in [-0.1, -0.05) is 0 Å². The number of nitrogens with one attached hydrogen (secondary N) is 2. The van der Waals surface area contributed by atoms with Gasteiger partial charge in [-0.15, -0.1) is 0 Å². The molecule has 0 spiro atoms. The van der Waals surface area contributed by atoms with Gasteiger partial charge in [-0.25, -0.2) is 0 Å². The van der Waals surface area contributed by atoms with Crippen LogP contribution in [0.5, 0.6) is 5.75 Å². The minimum Gasteiger partial charge on any atom is -0.506 e. The number of rotatable bonds is 4. The van der Waals surface area contributed by atoms with Crippen LogP contribution in [0.2, 0.25) is 0 Å². The molecule has 110 valence electrons. The average molecular weight is 433 g/mol. The zero-order chi connectivity index (χ0) is 15.2. The number of thiocarbonyl (C=S) groups is 1. The Bertz CT molecular complexity index is 636. The minimum atomic E-state index is 0.149. The second-order valence-electron chi connectivity index (χ2n) is 3.97. The summed E-state index contributed by atoms with van der Waals surface area (Å²) >= 11 is 11.6. The first-order chi connectivity index (χ1) is 10.1. The number of halogens is 2. The number of phenols is 1. The van der Waals surface area contributed by atoms with E-state index in [-0.39, 0.29) is 5.75 Å². The van der Waals surface area contributed by atoms with Gasteiger partial charge in [-0.3, -0.25) is 5.43 Å². The molecule has 0 fully saturated rings. The molecule has 1 heterocycles. The van der Waals surface area contributed by atoms with E-state index in [9.17, 15) is 5.11 Å². The van der Waals surface area contributed by atoms with Crippen LogP contribution in [-0.4, -0.2) is 16.4 Å². The molecule has 21 heavy (non-hydrogen) atoms. The van der Waals surface area contributed by atoms with Crippen LogP contribution >= 0.6 is 44.1 Å². The molecular weight excluding hydrogens is 422 g/mol. The van der Waals surface area contributed by atoms with Crippen molar-refractivity contribution in [3.63, 3.8) is 0 Å². The molecule has 8 heteroatoms. The van der Waals surface area contributed by atoms with Crippen LogP contribution in [0.4, 0.5) is 0 Å². The first-order valence-electron chi connectivity index (χ1n) is 5.83. The zero-order valence-electron chi connectivity index (χ0n) is 10.6. The normalized spacial score (nSPS) is 10.8. The quantitative estimate of drug-likeness (QED) is 0.391. The molecule has 1 aromatic carbocycles. The Kier molecular flexibility index (Phi) is 5.77. The summed E-state index contributed by atoms with van der Waals surface area (Å²) in [5, 5.41) is 17.0. The summed E-state index contributed by atoms with van der Waals surface area (Å²) in [6.45, 7) is 0.491. The maximum Gasteiger partial charge on any atom is 0.187 e. The van der Waals surface area contributed by atoms with E-state index >= 15 is 0 Å². The Hall–Kier alpha value is -1.38. The second kappa shape index (κ2) is 7.58. The van der Waals surface area contributed by atoms with Crippen LogP contribution in [0.15, 0.2) is 49.0 Å². The fourth-order valence-corrected chi connectivity index (χ4v) is 2.79. The van der Waals surface area contributed by atoms with Gasteiger partial charge in [-0.2, -0.15) is 5.10 Å². The maximum atomic E-state index is 9.61. The van der Waals surface area contributed by atoms with E-state index in [2.05, 4.69) is 47.7 Å². The van der Waals surface area contributed by atoms with Crippen LogP contribution in [0.25, 0.3) is 0 Å². The van der Waals surface area contributed by atoms with Gasteiger partial charge in [0.1, 0.15) is 11.5 Å². The van der Waals surface area contributed by atoms with E-state index in [1.54, 1.807) is 24.6 Å². The molecular formula is C13H11Br2N3O2S. The highest BCUT2D eigenvalue weighted by molar-refractivity contribution is 9.11. The lowest BCUT2D eigenvalue weighted by Crippen LogP contribution is -2.31. The van der Waals surface area contributed by atoms with Gasteiger partial charge in [0.15, 0.2) is 5.11 Å². The molecule has 0 bridgehead atoms. The number of nitrogens with zero attached hydrogens (tertiary/aromatic N) is 1. The summed E-state index contributed by atoms with van der Waals surface area (Å²) in [4.78, 5) is 0. The van der Waals surface area contributed by atoms with E-state index in [0.717, 1.165) is 11.3 Å². The number of phenolic OH excluding ortho intramolecular Hbond substituents is 1. The maximum absolute atomic E-state index is 9.61. The highest BCUT2D eigenvalue weighted by Crippen LogP contribution is 2.32. The Balaban J connectivity index is 1.86. The van der Waals surface area contributed by atoms with Crippen molar-refractivity contribution in [3.8, 4) is 5.75 Å². The van der Waals surface area contributed by atoms with Crippen molar-refractivity contribution in [2.75, 3.05) is 0 Å². The Morgan fingerprint density at radius 1 is 1.38 bits per heavy atom. The van der Waals surface area contributed by atoms with E-state index in [1.165, 1.54) is 0 Å². The minimum absolute atomic E-state index is 0.149. The van der Waals surface area contributed by atoms with Gasteiger partial charge in [0.2, 0.25) is 0 Å². The van der Waals surface area contributed by atoms with Crippen molar-refractivity contribution < 1.29 is 9.52 Å². The van der Waals surface area contributed by atoms with Gasteiger partial charge in [0, 0.05) is 0 Å². The van der Waals surface area contributed by atoms with Crippen molar-refractivity contribution in [2.24, 2.45) is 5.10 Å². The number of furan rings is 1. The Morgan fingerprint density at radius 2 is 2.10 bits per heavy atom. The summed E-state index contributed by atoms with van der Waals surface area (Å²) in [5.41, 5.74) is 3.50. The summed E-state index contributed by atoms with van der Waals surface area (Å²) in [5.74, 6) is 0.935. The topological polar surface area (TPSA) is 69.8 Å². The first kappa shape index (κ1) is 16.0. The molecule has 0 aliphatic carbocycles. The van der Waals surface area contributed by atoms with Crippen LogP contribution in [-0.2, 0) is 6.54 Å². The standard InChI is InChI=1S/C13H11Br2N3O2S/c14-10-4-8(5-11(15)12(10)19)6-17-18-13(21)16-7-9-2-1-3-20-9/h1-6,19H,7H2,(H2,16,18,21)/b17-6-. The molecule has 0 atom stereocenters. The third-order valence-corrected chi connectivity index (χ3v) is 3.87. The zero-order valence-corrected chi connectivity index (χ0v) is 14.6. The molecule has 3 N–H and O–H groups in total.